The molecule has 0 atom stereocenters. The fraction of sp³-hybridized carbons (Fsp3) is 0.286. The maximum absolute atomic E-state index is 13.3. The number of aryl methyl sites for hydroxylation is 1. The summed E-state index contributed by atoms with van der Waals surface area (Å²) in [6, 6.07) is 12.3. The van der Waals surface area contributed by atoms with E-state index >= 15 is 0 Å². The average Bonchev–Trinajstić information content (AvgIpc) is 3.43. The Morgan fingerprint density at radius 2 is 1.80 bits per heavy atom. The summed E-state index contributed by atoms with van der Waals surface area (Å²) in [5, 5.41) is 9.46. The van der Waals surface area contributed by atoms with Gasteiger partial charge in [0.2, 0.25) is 14.9 Å². The van der Waals surface area contributed by atoms with Crippen molar-refractivity contribution in [2.75, 3.05) is 18.0 Å². The first kappa shape index (κ1) is 19.3. The van der Waals surface area contributed by atoms with Crippen LogP contribution < -0.4 is 4.90 Å². The van der Waals surface area contributed by atoms with Gasteiger partial charge in [-0.05, 0) is 55.2 Å². The lowest BCUT2D eigenvalue weighted by molar-refractivity contribution is 0.592. The Hall–Kier alpha value is -2.71. The molecule has 0 spiro atoms. The maximum Gasteiger partial charge on any atom is 0.229 e. The minimum Gasteiger partial charge on any atom is -0.356 e. The van der Waals surface area contributed by atoms with Crippen molar-refractivity contribution in [1.82, 2.24) is 19.8 Å². The number of hydrogen-bond acceptors (Lipinski definition) is 6. The van der Waals surface area contributed by atoms with Gasteiger partial charge in [-0.15, -0.1) is 5.10 Å². The molecule has 3 heterocycles. The van der Waals surface area contributed by atoms with Crippen molar-refractivity contribution >= 4 is 43.8 Å². The summed E-state index contributed by atoms with van der Waals surface area (Å²) in [6.07, 6.45) is 2.98. The van der Waals surface area contributed by atoms with Gasteiger partial charge in [0.15, 0.2) is 5.65 Å². The van der Waals surface area contributed by atoms with Crippen molar-refractivity contribution in [3.8, 4) is 0 Å². The van der Waals surface area contributed by atoms with E-state index in [1.807, 2.05) is 31.2 Å². The van der Waals surface area contributed by atoms with E-state index in [-0.39, 0.29) is 15.6 Å². The highest BCUT2D eigenvalue weighted by molar-refractivity contribution is 7.91. The van der Waals surface area contributed by atoms with Crippen LogP contribution in [0.3, 0.4) is 0 Å². The summed E-state index contributed by atoms with van der Waals surface area (Å²) < 4.78 is 28.2. The molecule has 2 aromatic heterocycles. The van der Waals surface area contributed by atoms with Crippen molar-refractivity contribution in [3.05, 3.63) is 53.1 Å². The van der Waals surface area contributed by atoms with Crippen LogP contribution in [0.15, 0.2) is 52.4 Å². The summed E-state index contributed by atoms with van der Waals surface area (Å²) >= 11 is 6.24. The van der Waals surface area contributed by atoms with E-state index in [9.17, 15) is 8.42 Å². The normalized spacial score (nSPS) is 14.8. The van der Waals surface area contributed by atoms with Crippen LogP contribution in [-0.4, -0.2) is 41.3 Å². The summed E-state index contributed by atoms with van der Waals surface area (Å²) in [5.41, 5.74) is 2.02. The Kier molecular flexibility index (Phi) is 4.63. The molecule has 0 amide bonds. The van der Waals surface area contributed by atoms with Crippen LogP contribution in [0.2, 0.25) is 5.02 Å². The Morgan fingerprint density at radius 3 is 2.50 bits per heavy atom. The molecular formula is C21H20ClN5O2S. The lowest BCUT2D eigenvalue weighted by atomic mass is 10.2. The van der Waals surface area contributed by atoms with Crippen LogP contribution in [0.4, 0.5) is 5.82 Å². The molecule has 0 saturated carbocycles. The topological polar surface area (TPSA) is 80.5 Å². The Balaban J connectivity index is 1.76. The molecular weight excluding hydrogens is 422 g/mol. The van der Waals surface area contributed by atoms with Crippen molar-refractivity contribution in [2.24, 2.45) is 0 Å². The first-order valence-electron chi connectivity index (χ1n) is 9.92. The van der Waals surface area contributed by atoms with Crippen LogP contribution in [-0.2, 0) is 16.3 Å². The minimum atomic E-state index is -3.87. The first-order valence-corrected chi connectivity index (χ1v) is 11.8. The fourth-order valence-electron chi connectivity index (χ4n) is 3.91. The fourth-order valence-corrected chi connectivity index (χ4v) is 5.32. The Morgan fingerprint density at radius 1 is 1.07 bits per heavy atom. The molecule has 0 radical (unpaired) electrons. The predicted octanol–water partition coefficient (Wildman–Crippen LogP) is 3.93. The third-order valence-corrected chi connectivity index (χ3v) is 7.46. The number of sulfone groups is 1. The largest absolute Gasteiger partial charge is 0.356 e. The number of nitrogens with zero attached hydrogens (tertiary/aromatic N) is 5. The molecule has 5 rings (SSSR count). The quantitative estimate of drug-likeness (QED) is 0.477. The van der Waals surface area contributed by atoms with Crippen LogP contribution in [0.1, 0.15) is 25.3 Å². The number of fused-ring (bicyclic) bond motifs is 3. The highest BCUT2D eigenvalue weighted by atomic mass is 35.5. The van der Waals surface area contributed by atoms with E-state index in [1.54, 1.807) is 18.2 Å². The third kappa shape index (κ3) is 3.02. The van der Waals surface area contributed by atoms with Gasteiger partial charge in [-0.25, -0.2) is 13.4 Å². The molecule has 4 aromatic rings. The molecule has 30 heavy (non-hydrogen) atoms. The summed E-state index contributed by atoms with van der Waals surface area (Å²) in [5.74, 6) is 0.720. The van der Waals surface area contributed by atoms with Gasteiger partial charge < -0.3 is 4.90 Å². The standard InChI is InChI=1S/C21H20ClN5O2S/c1-2-14-5-8-16(9-6-14)30(28,29)21-20-23-19(26-11-3-4-12-26)17-13-15(22)7-10-18(17)27(20)25-24-21/h5-10,13H,2-4,11-12H2,1H3. The number of anilines is 1. The van der Waals surface area contributed by atoms with Gasteiger partial charge in [0.25, 0.3) is 0 Å². The van der Waals surface area contributed by atoms with E-state index in [1.165, 1.54) is 4.52 Å². The molecule has 9 heteroatoms. The highest BCUT2D eigenvalue weighted by Crippen LogP contribution is 2.32. The molecule has 0 aliphatic carbocycles. The molecule has 0 bridgehead atoms. The van der Waals surface area contributed by atoms with Gasteiger partial charge in [-0.1, -0.05) is 35.9 Å². The zero-order valence-electron chi connectivity index (χ0n) is 16.4. The third-order valence-electron chi connectivity index (χ3n) is 5.56. The lowest BCUT2D eigenvalue weighted by Crippen LogP contribution is -2.20. The van der Waals surface area contributed by atoms with Gasteiger partial charge in [-0.3, -0.25) is 0 Å². The van der Waals surface area contributed by atoms with Crippen LogP contribution in [0.5, 0.6) is 0 Å². The van der Waals surface area contributed by atoms with E-state index in [2.05, 4.69) is 15.2 Å². The maximum atomic E-state index is 13.3. The van der Waals surface area contributed by atoms with Crippen molar-refractivity contribution in [2.45, 2.75) is 36.1 Å². The Bertz CT molecular complexity index is 1360. The number of aromatic nitrogens is 4. The second-order valence-corrected chi connectivity index (χ2v) is 9.72. The van der Waals surface area contributed by atoms with E-state index in [4.69, 9.17) is 16.6 Å². The molecule has 1 aliphatic rings. The zero-order valence-corrected chi connectivity index (χ0v) is 18.0. The SMILES string of the molecule is CCc1ccc(S(=O)(=O)c2nnn3c2nc(N2CCCC2)c2cc(Cl)ccc23)cc1. The molecule has 0 unspecified atom stereocenters. The lowest BCUT2D eigenvalue weighted by Gasteiger charge is -2.19. The van der Waals surface area contributed by atoms with Crippen LogP contribution in [0, 0.1) is 0 Å². The van der Waals surface area contributed by atoms with Gasteiger partial charge in [0.05, 0.1) is 10.4 Å². The summed E-state index contributed by atoms with van der Waals surface area (Å²) in [7, 11) is -3.87. The van der Waals surface area contributed by atoms with Crippen molar-refractivity contribution in [3.63, 3.8) is 0 Å². The number of rotatable bonds is 4. The van der Waals surface area contributed by atoms with Crippen molar-refractivity contribution in [1.29, 1.82) is 0 Å². The monoisotopic (exact) mass is 441 g/mol. The summed E-state index contributed by atoms with van der Waals surface area (Å²) in [6.45, 7) is 3.76. The molecule has 7 nitrogen and oxygen atoms in total. The molecule has 0 N–H and O–H groups in total. The van der Waals surface area contributed by atoms with E-state index in [0.717, 1.165) is 54.6 Å². The minimum absolute atomic E-state index is 0.135. The zero-order chi connectivity index (χ0) is 20.9. The summed E-state index contributed by atoms with van der Waals surface area (Å²) in [4.78, 5) is 7.09. The Labute approximate surface area is 179 Å². The van der Waals surface area contributed by atoms with Gasteiger partial charge >= 0.3 is 0 Å². The molecule has 154 valence electrons. The molecule has 2 aromatic carbocycles. The van der Waals surface area contributed by atoms with Crippen LogP contribution >= 0.6 is 11.6 Å². The van der Waals surface area contributed by atoms with Gasteiger partial charge in [-0.2, -0.15) is 4.52 Å². The second-order valence-electron chi connectivity index (χ2n) is 7.42. The number of benzene rings is 2. The smallest absolute Gasteiger partial charge is 0.229 e. The average molecular weight is 442 g/mol. The van der Waals surface area contributed by atoms with Crippen molar-refractivity contribution < 1.29 is 8.42 Å². The number of halogens is 1. The molecule has 1 aliphatic heterocycles. The van der Waals surface area contributed by atoms with Crippen LogP contribution in [0.25, 0.3) is 16.6 Å². The number of hydrogen-bond donors (Lipinski definition) is 0. The van der Waals surface area contributed by atoms with E-state index in [0.29, 0.717) is 5.02 Å². The molecule has 1 saturated heterocycles. The molecule has 1 fully saturated rings. The van der Waals surface area contributed by atoms with Gasteiger partial charge in [0.1, 0.15) is 5.82 Å². The predicted molar refractivity (Wildman–Crippen MR) is 116 cm³/mol. The van der Waals surface area contributed by atoms with Gasteiger partial charge in [0, 0.05) is 23.5 Å². The highest BCUT2D eigenvalue weighted by Gasteiger charge is 2.28. The van der Waals surface area contributed by atoms with E-state index < -0.39 is 9.84 Å². The first-order chi connectivity index (χ1) is 14.5. The second kappa shape index (κ2) is 7.21.